The van der Waals surface area contributed by atoms with Gasteiger partial charge in [-0.05, 0) is 12.8 Å². The van der Waals surface area contributed by atoms with Crippen molar-refractivity contribution in [3.05, 3.63) is 0 Å². The molecule has 1 heterocycles. The largest absolute Gasteiger partial charge is 0.465 e. The maximum Gasteiger partial charge on any atom is 0.408 e. The standard InChI is InChI=1S/C8H13ClN2O4/c9-5-15-7(12)10-4-6-2-1-3-11(6)8(13)14/h6H,1-5H2,(H,10,12)(H,13,14)/t6-/m0/s1. The van der Waals surface area contributed by atoms with Crippen molar-refractivity contribution in [2.24, 2.45) is 0 Å². The fourth-order valence-corrected chi connectivity index (χ4v) is 1.70. The van der Waals surface area contributed by atoms with Crippen LogP contribution in [0.1, 0.15) is 12.8 Å². The van der Waals surface area contributed by atoms with Gasteiger partial charge in [0, 0.05) is 13.1 Å². The molecule has 0 aliphatic carbocycles. The highest BCUT2D eigenvalue weighted by Gasteiger charge is 2.28. The molecule has 7 heteroatoms. The van der Waals surface area contributed by atoms with Crippen LogP contribution in [-0.4, -0.2) is 47.4 Å². The first-order chi connectivity index (χ1) is 7.15. The quantitative estimate of drug-likeness (QED) is 0.718. The molecule has 0 aromatic carbocycles. The topological polar surface area (TPSA) is 78.9 Å². The molecule has 6 nitrogen and oxygen atoms in total. The molecule has 1 fully saturated rings. The first-order valence-corrected chi connectivity index (χ1v) is 5.14. The summed E-state index contributed by atoms with van der Waals surface area (Å²) in [5, 5.41) is 11.3. The lowest BCUT2D eigenvalue weighted by atomic mass is 10.2. The van der Waals surface area contributed by atoms with Crippen LogP contribution in [0.3, 0.4) is 0 Å². The van der Waals surface area contributed by atoms with Gasteiger partial charge in [0.2, 0.25) is 0 Å². The summed E-state index contributed by atoms with van der Waals surface area (Å²) in [5.41, 5.74) is 0. The third-order valence-electron chi connectivity index (χ3n) is 2.29. The van der Waals surface area contributed by atoms with Gasteiger partial charge in [-0.25, -0.2) is 9.59 Å². The molecule has 0 bridgehead atoms. The summed E-state index contributed by atoms with van der Waals surface area (Å²) in [6, 6.07) is -0.371. The number of ether oxygens (including phenoxy) is 1. The molecule has 0 saturated carbocycles. The molecule has 0 aromatic heterocycles. The van der Waals surface area contributed by atoms with E-state index in [-0.39, 0.29) is 18.7 Å². The molecule has 1 aliphatic rings. The normalized spacial score (nSPS) is 20.1. The lowest BCUT2D eigenvalue weighted by Crippen LogP contribution is -2.42. The average Bonchev–Trinajstić information content (AvgIpc) is 2.63. The SMILES string of the molecule is O=C(NC[C@@H]1CCCN1C(=O)O)OCCl. The van der Waals surface area contributed by atoms with Crippen LogP contribution in [0.4, 0.5) is 9.59 Å². The molecule has 86 valence electrons. The molecule has 0 spiro atoms. The summed E-state index contributed by atoms with van der Waals surface area (Å²) < 4.78 is 4.45. The monoisotopic (exact) mass is 236 g/mol. The van der Waals surface area contributed by atoms with Crippen LogP contribution in [0.15, 0.2) is 0 Å². The predicted molar refractivity (Wildman–Crippen MR) is 53.0 cm³/mol. The minimum atomic E-state index is -0.954. The lowest BCUT2D eigenvalue weighted by Gasteiger charge is -2.21. The van der Waals surface area contributed by atoms with Gasteiger partial charge in [0.05, 0.1) is 6.04 Å². The van der Waals surface area contributed by atoms with E-state index < -0.39 is 12.2 Å². The molecule has 15 heavy (non-hydrogen) atoms. The summed E-state index contributed by atoms with van der Waals surface area (Å²) in [7, 11) is 0. The fourth-order valence-electron chi connectivity index (χ4n) is 1.60. The number of carbonyl (C=O) groups excluding carboxylic acids is 1. The van der Waals surface area contributed by atoms with Gasteiger partial charge >= 0.3 is 12.2 Å². The second-order valence-electron chi connectivity index (χ2n) is 3.19. The number of alkyl halides is 1. The van der Waals surface area contributed by atoms with E-state index in [2.05, 4.69) is 10.1 Å². The first kappa shape index (κ1) is 11.9. The molecule has 2 amide bonds. The van der Waals surface area contributed by atoms with Gasteiger partial charge in [-0.2, -0.15) is 0 Å². The zero-order valence-electron chi connectivity index (χ0n) is 8.11. The van der Waals surface area contributed by atoms with E-state index in [9.17, 15) is 9.59 Å². The van der Waals surface area contributed by atoms with E-state index >= 15 is 0 Å². The maximum atomic E-state index is 10.9. The zero-order chi connectivity index (χ0) is 11.3. The lowest BCUT2D eigenvalue weighted by molar-refractivity contribution is 0.135. The minimum absolute atomic E-state index is 0.162. The number of rotatable bonds is 3. The Kier molecular flexibility index (Phi) is 4.48. The summed E-state index contributed by atoms with van der Waals surface area (Å²) in [6.45, 7) is 0.786. The number of alkyl carbamates (subject to hydrolysis) is 1. The Morgan fingerprint density at radius 1 is 1.60 bits per heavy atom. The highest BCUT2D eigenvalue weighted by atomic mass is 35.5. The molecule has 2 N–H and O–H groups in total. The van der Waals surface area contributed by atoms with Crippen molar-refractivity contribution >= 4 is 23.8 Å². The summed E-state index contributed by atoms with van der Waals surface area (Å²) in [5.74, 6) is 0. The van der Waals surface area contributed by atoms with Gasteiger partial charge in [-0.15, -0.1) is 0 Å². The van der Waals surface area contributed by atoms with Gasteiger partial charge < -0.3 is 20.1 Å². The van der Waals surface area contributed by atoms with E-state index in [4.69, 9.17) is 16.7 Å². The van der Waals surface area contributed by atoms with Crippen molar-refractivity contribution in [2.45, 2.75) is 18.9 Å². The van der Waals surface area contributed by atoms with E-state index in [1.54, 1.807) is 0 Å². The Morgan fingerprint density at radius 3 is 2.93 bits per heavy atom. The number of hydrogen-bond acceptors (Lipinski definition) is 3. The Balaban J connectivity index is 2.31. The fraction of sp³-hybridized carbons (Fsp3) is 0.750. The van der Waals surface area contributed by atoms with Crippen LogP contribution in [0, 0.1) is 0 Å². The summed E-state index contributed by atoms with van der Waals surface area (Å²) >= 11 is 5.18. The molecular weight excluding hydrogens is 224 g/mol. The van der Waals surface area contributed by atoms with Crippen LogP contribution in [0.25, 0.3) is 0 Å². The van der Waals surface area contributed by atoms with Crippen molar-refractivity contribution in [3.8, 4) is 0 Å². The van der Waals surface area contributed by atoms with Crippen molar-refractivity contribution in [3.63, 3.8) is 0 Å². The Morgan fingerprint density at radius 2 is 2.33 bits per heavy atom. The van der Waals surface area contributed by atoms with E-state index in [0.29, 0.717) is 6.54 Å². The number of amides is 2. The zero-order valence-corrected chi connectivity index (χ0v) is 8.87. The molecule has 1 atom stereocenters. The summed E-state index contributed by atoms with van der Waals surface area (Å²) in [4.78, 5) is 23.0. The van der Waals surface area contributed by atoms with Crippen LogP contribution >= 0.6 is 11.6 Å². The van der Waals surface area contributed by atoms with Crippen LogP contribution in [-0.2, 0) is 4.74 Å². The number of halogens is 1. The number of likely N-dealkylation sites (tertiary alicyclic amines) is 1. The van der Waals surface area contributed by atoms with E-state index in [1.165, 1.54) is 4.90 Å². The third kappa shape index (κ3) is 3.47. The minimum Gasteiger partial charge on any atom is -0.465 e. The Labute approximate surface area is 92.1 Å². The highest BCUT2D eigenvalue weighted by molar-refractivity contribution is 6.17. The average molecular weight is 237 g/mol. The molecule has 0 aromatic rings. The highest BCUT2D eigenvalue weighted by Crippen LogP contribution is 2.16. The number of hydrogen-bond donors (Lipinski definition) is 2. The second-order valence-corrected chi connectivity index (χ2v) is 3.41. The molecule has 0 unspecified atom stereocenters. The number of nitrogens with zero attached hydrogens (tertiary/aromatic N) is 1. The van der Waals surface area contributed by atoms with Gasteiger partial charge in [0.25, 0.3) is 0 Å². The van der Waals surface area contributed by atoms with Crippen LogP contribution in [0.5, 0.6) is 0 Å². The van der Waals surface area contributed by atoms with Crippen molar-refractivity contribution in [2.75, 3.05) is 19.2 Å². The van der Waals surface area contributed by atoms with Crippen molar-refractivity contribution in [1.29, 1.82) is 0 Å². The first-order valence-electron chi connectivity index (χ1n) is 4.61. The van der Waals surface area contributed by atoms with Crippen LogP contribution < -0.4 is 5.32 Å². The van der Waals surface area contributed by atoms with Gasteiger partial charge in [-0.3, -0.25) is 0 Å². The number of nitrogens with one attached hydrogen (secondary N) is 1. The van der Waals surface area contributed by atoms with Crippen LogP contribution in [0.2, 0.25) is 0 Å². The summed E-state index contributed by atoms with van der Waals surface area (Å²) in [6.07, 6.45) is 0.00339. The Bertz CT molecular complexity index is 249. The smallest absolute Gasteiger partial charge is 0.408 e. The van der Waals surface area contributed by atoms with Crippen molar-refractivity contribution in [1.82, 2.24) is 10.2 Å². The van der Waals surface area contributed by atoms with E-state index in [0.717, 1.165) is 12.8 Å². The number of carbonyl (C=O) groups is 2. The molecule has 1 rings (SSSR count). The molecule has 1 saturated heterocycles. The molecule has 0 radical (unpaired) electrons. The maximum absolute atomic E-state index is 10.9. The predicted octanol–water partition coefficient (Wildman–Crippen LogP) is 1.05. The molecular formula is C8H13ClN2O4. The Hall–Kier alpha value is -1.17. The molecule has 1 aliphatic heterocycles. The van der Waals surface area contributed by atoms with Gasteiger partial charge in [0.15, 0.2) is 6.07 Å². The van der Waals surface area contributed by atoms with Crippen molar-refractivity contribution < 1.29 is 19.4 Å². The van der Waals surface area contributed by atoms with E-state index in [1.807, 2.05) is 0 Å². The van der Waals surface area contributed by atoms with Gasteiger partial charge in [-0.1, -0.05) is 11.6 Å². The second kappa shape index (κ2) is 5.65. The number of carboxylic acid groups (broad SMARTS) is 1. The third-order valence-corrected chi connectivity index (χ3v) is 2.40. The van der Waals surface area contributed by atoms with Gasteiger partial charge in [0.1, 0.15) is 0 Å².